The number of carbonyl (C=O) groups is 1. The average molecular weight is 213 g/mol. The predicted octanol–water partition coefficient (Wildman–Crippen LogP) is 2.67. The van der Waals surface area contributed by atoms with Crippen LogP contribution in [-0.2, 0) is 4.79 Å². The molecule has 0 aliphatic carbocycles. The predicted molar refractivity (Wildman–Crippen MR) is 64.4 cm³/mol. The molecule has 3 heteroatoms. The lowest BCUT2D eigenvalue weighted by atomic mass is 10.1. The van der Waals surface area contributed by atoms with Crippen molar-refractivity contribution in [1.82, 2.24) is 0 Å². The Bertz CT molecular complexity index is 556. The number of fused-ring (bicyclic) bond motifs is 1. The quantitative estimate of drug-likeness (QED) is 0.753. The Morgan fingerprint density at radius 1 is 1.25 bits per heavy atom. The average Bonchev–Trinajstić information content (AvgIpc) is 2.29. The smallest absolute Gasteiger partial charge is 0.247 e. The molecule has 0 aromatic heterocycles. The van der Waals surface area contributed by atoms with Gasteiger partial charge in [-0.2, -0.15) is 0 Å². The summed E-state index contributed by atoms with van der Waals surface area (Å²) in [5, 5.41) is 13.9. The van der Waals surface area contributed by atoms with Crippen LogP contribution < -0.4 is 5.32 Å². The highest BCUT2D eigenvalue weighted by Crippen LogP contribution is 2.31. The molecule has 0 atom stereocenters. The fourth-order valence-electron chi connectivity index (χ4n) is 1.61. The normalized spacial score (nSPS) is 10.0. The van der Waals surface area contributed by atoms with Crippen LogP contribution in [0.25, 0.3) is 10.8 Å². The van der Waals surface area contributed by atoms with Crippen LogP contribution in [-0.4, -0.2) is 11.0 Å². The minimum absolute atomic E-state index is 0.150. The van der Waals surface area contributed by atoms with Crippen molar-refractivity contribution in [2.45, 2.75) is 0 Å². The summed E-state index contributed by atoms with van der Waals surface area (Å²) >= 11 is 0. The van der Waals surface area contributed by atoms with Crippen molar-refractivity contribution < 1.29 is 9.90 Å². The summed E-state index contributed by atoms with van der Waals surface area (Å²) in [6.45, 7) is 3.38. The number of benzene rings is 2. The largest absolute Gasteiger partial charge is 0.507 e. The van der Waals surface area contributed by atoms with Gasteiger partial charge >= 0.3 is 0 Å². The van der Waals surface area contributed by atoms with E-state index in [1.165, 1.54) is 6.08 Å². The van der Waals surface area contributed by atoms with E-state index in [1.807, 2.05) is 18.2 Å². The van der Waals surface area contributed by atoms with Gasteiger partial charge in [-0.15, -0.1) is 0 Å². The van der Waals surface area contributed by atoms with Gasteiger partial charge in [0.2, 0.25) is 5.91 Å². The third-order valence-corrected chi connectivity index (χ3v) is 2.33. The number of hydrogen-bond acceptors (Lipinski definition) is 2. The van der Waals surface area contributed by atoms with Crippen LogP contribution in [0.1, 0.15) is 0 Å². The standard InChI is InChI=1S/C13H11NO2/c1-2-12(16)14-10-7-3-5-9-6-4-8-11(15)13(9)10/h2-8,15H,1H2,(H,14,16). The van der Waals surface area contributed by atoms with Gasteiger partial charge in [0.25, 0.3) is 0 Å². The molecule has 2 aromatic rings. The molecule has 0 saturated heterocycles. The minimum Gasteiger partial charge on any atom is -0.507 e. The molecular weight excluding hydrogens is 202 g/mol. The molecule has 80 valence electrons. The zero-order chi connectivity index (χ0) is 11.5. The number of phenolic OH excluding ortho intramolecular Hbond substituents is 1. The fourth-order valence-corrected chi connectivity index (χ4v) is 1.61. The molecule has 16 heavy (non-hydrogen) atoms. The highest BCUT2D eigenvalue weighted by Gasteiger charge is 2.06. The maximum Gasteiger partial charge on any atom is 0.247 e. The Labute approximate surface area is 93.0 Å². The van der Waals surface area contributed by atoms with Gasteiger partial charge in [0.1, 0.15) is 5.75 Å². The summed E-state index contributed by atoms with van der Waals surface area (Å²) in [4.78, 5) is 11.2. The molecule has 0 unspecified atom stereocenters. The highest BCUT2D eigenvalue weighted by atomic mass is 16.3. The van der Waals surface area contributed by atoms with Crippen molar-refractivity contribution in [1.29, 1.82) is 0 Å². The summed E-state index contributed by atoms with van der Waals surface area (Å²) in [5.74, 6) is -0.145. The fraction of sp³-hybridized carbons (Fsp3) is 0. The van der Waals surface area contributed by atoms with Crippen molar-refractivity contribution in [3.63, 3.8) is 0 Å². The van der Waals surface area contributed by atoms with E-state index in [0.717, 1.165) is 5.39 Å². The molecule has 3 nitrogen and oxygen atoms in total. The van der Waals surface area contributed by atoms with Crippen LogP contribution in [0.3, 0.4) is 0 Å². The monoisotopic (exact) mass is 213 g/mol. The van der Waals surface area contributed by atoms with Gasteiger partial charge in [-0.1, -0.05) is 30.8 Å². The van der Waals surface area contributed by atoms with E-state index in [-0.39, 0.29) is 11.7 Å². The Hall–Kier alpha value is -2.29. The molecule has 0 heterocycles. The topological polar surface area (TPSA) is 49.3 Å². The second-order valence-corrected chi connectivity index (χ2v) is 3.37. The van der Waals surface area contributed by atoms with Crippen molar-refractivity contribution in [3.05, 3.63) is 49.1 Å². The summed E-state index contributed by atoms with van der Waals surface area (Å²) in [7, 11) is 0. The van der Waals surface area contributed by atoms with Crippen LogP contribution in [0.15, 0.2) is 49.1 Å². The summed E-state index contributed by atoms with van der Waals surface area (Å²) < 4.78 is 0. The molecule has 2 N–H and O–H groups in total. The second kappa shape index (κ2) is 4.06. The Morgan fingerprint density at radius 3 is 2.62 bits per heavy atom. The van der Waals surface area contributed by atoms with Gasteiger partial charge in [-0.3, -0.25) is 4.79 Å². The number of nitrogens with one attached hydrogen (secondary N) is 1. The lowest BCUT2D eigenvalue weighted by molar-refractivity contribution is -0.111. The summed E-state index contributed by atoms with van der Waals surface area (Å²) in [6, 6.07) is 10.7. The first-order valence-corrected chi connectivity index (χ1v) is 4.86. The molecule has 0 saturated carbocycles. The molecule has 2 aromatic carbocycles. The molecule has 0 aliphatic rings. The van der Waals surface area contributed by atoms with Gasteiger partial charge in [-0.25, -0.2) is 0 Å². The Balaban J connectivity index is 2.60. The number of amides is 1. The third kappa shape index (κ3) is 1.75. The van der Waals surface area contributed by atoms with Gasteiger partial charge < -0.3 is 10.4 Å². The van der Waals surface area contributed by atoms with E-state index in [9.17, 15) is 9.90 Å². The van der Waals surface area contributed by atoms with E-state index in [2.05, 4.69) is 11.9 Å². The van der Waals surface area contributed by atoms with E-state index < -0.39 is 0 Å². The molecule has 1 amide bonds. The highest BCUT2D eigenvalue weighted by molar-refractivity contribution is 6.07. The van der Waals surface area contributed by atoms with Crippen molar-refractivity contribution >= 4 is 22.4 Å². The lowest BCUT2D eigenvalue weighted by Gasteiger charge is -2.08. The maximum atomic E-state index is 11.2. The van der Waals surface area contributed by atoms with Crippen LogP contribution in [0.4, 0.5) is 5.69 Å². The van der Waals surface area contributed by atoms with E-state index >= 15 is 0 Å². The van der Waals surface area contributed by atoms with Crippen molar-refractivity contribution in [3.8, 4) is 5.75 Å². The van der Waals surface area contributed by atoms with Crippen molar-refractivity contribution in [2.75, 3.05) is 5.32 Å². The van der Waals surface area contributed by atoms with E-state index in [0.29, 0.717) is 11.1 Å². The zero-order valence-electron chi connectivity index (χ0n) is 8.60. The third-order valence-electron chi connectivity index (χ3n) is 2.33. The lowest BCUT2D eigenvalue weighted by Crippen LogP contribution is -2.07. The van der Waals surface area contributed by atoms with E-state index in [4.69, 9.17) is 0 Å². The van der Waals surface area contributed by atoms with E-state index in [1.54, 1.807) is 18.2 Å². The SMILES string of the molecule is C=CC(=O)Nc1cccc2cccc(O)c12. The van der Waals surface area contributed by atoms with Crippen molar-refractivity contribution in [2.24, 2.45) is 0 Å². The number of phenols is 1. The van der Waals surface area contributed by atoms with Crippen LogP contribution in [0.2, 0.25) is 0 Å². The first kappa shape index (κ1) is 10.2. The summed E-state index contributed by atoms with van der Waals surface area (Å²) in [6.07, 6.45) is 1.19. The number of carbonyl (C=O) groups excluding carboxylic acids is 1. The second-order valence-electron chi connectivity index (χ2n) is 3.37. The van der Waals surface area contributed by atoms with Crippen LogP contribution in [0, 0.1) is 0 Å². The van der Waals surface area contributed by atoms with Crippen LogP contribution in [0.5, 0.6) is 5.75 Å². The van der Waals surface area contributed by atoms with Gasteiger partial charge in [0.15, 0.2) is 0 Å². The number of anilines is 1. The number of aromatic hydroxyl groups is 1. The Kier molecular flexibility index (Phi) is 2.60. The first-order chi connectivity index (χ1) is 7.72. The number of hydrogen-bond donors (Lipinski definition) is 2. The molecule has 0 fully saturated rings. The van der Waals surface area contributed by atoms with Gasteiger partial charge in [-0.05, 0) is 23.6 Å². The zero-order valence-corrected chi connectivity index (χ0v) is 8.60. The maximum absolute atomic E-state index is 11.2. The molecular formula is C13H11NO2. The van der Waals surface area contributed by atoms with Gasteiger partial charge in [0.05, 0.1) is 5.69 Å². The van der Waals surface area contributed by atoms with Crippen LogP contribution >= 0.6 is 0 Å². The summed E-state index contributed by atoms with van der Waals surface area (Å²) in [5.41, 5.74) is 0.584. The molecule has 0 radical (unpaired) electrons. The molecule has 0 spiro atoms. The molecule has 0 bridgehead atoms. The molecule has 0 aliphatic heterocycles. The minimum atomic E-state index is -0.296. The Morgan fingerprint density at radius 2 is 1.94 bits per heavy atom. The first-order valence-electron chi connectivity index (χ1n) is 4.86. The molecule has 2 rings (SSSR count). The van der Waals surface area contributed by atoms with Gasteiger partial charge in [0, 0.05) is 5.39 Å². The number of rotatable bonds is 2.